The molecule has 0 aliphatic carbocycles. The van der Waals surface area contributed by atoms with Gasteiger partial charge in [0.2, 0.25) is 10.0 Å². The molecule has 2 atom stereocenters. The number of alkyl halides is 3. The zero-order chi connectivity index (χ0) is 32.6. The molecule has 0 bridgehead atoms. The molecule has 4 heterocycles. The highest BCUT2D eigenvalue weighted by molar-refractivity contribution is 7.91. The van der Waals surface area contributed by atoms with Gasteiger partial charge in [0.05, 0.1) is 27.7 Å². The fourth-order valence-corrected chi connectivity index (χ4v) is 9.13. The van der Waals surface area contributed by atoms with Crippen LogP contribution in [-0.2, 0) is 38.0 Å². The van der Waals surface area contributed by atoms with E-state index in [9.17, 15) is 35.1 Å². The Kier molecular flexibility index (Phi) is 9.68. The summed E-state index contributed by atoms with van der Waals surface area (Å²) in [6, 6.07) is 9.69. The number of hydrogen-bond donors (Lipinski definition) is 3. The van der Waals surface area contributed by atoms with Gasteiger partial charge >= 0.3 is 6.18 Å². The molecule has 2 fully saturated rings. The molecular weight excluding hydrogens is 660 g/mol. The standard InChI is InChI=1S/C27H34F3N5O7S3/c1-31-44(37,38)21-5-3-4-20(12-21)41-17-19(36)15-32-18-14-26(42-16-18)8-10-35(11-9-26)45(39,40)25-7-6-23(43-25)22-13-24(27(28,29)30)33-34(22)2/h3-7,12-13,18-19,31-32,36H,8-11,14-17H2,1-2H3/t18?,19-/m0/s1. The third-order valence-electron chi connectivity index (χ3n) is 7.91. The number of thiophene rings is 1. The number of benzene rings is 1. The van der Waals surface area contributed by atoms with Crippen LogP contribution in [0.2, 0.25) is 0 Å². The van der Waals surface area contributed by atoms with Gasteiger partial charge in [0.15, 0.2) is 5.69 Å². The molecule has 2 saturated heterocycles. The first-order valence-corrected chi connectivity index (χ1v) is 17.8. The van der Waals surface area contributed by atoms with E-state index in [1.165, 1.54) is 42.7 Å². The molecule has 2 aliphatic rings. The van der Waals surface area contributed by atoms with Crippen LogP contribution in [0, 0.1) is 0 Å². The second-order valence-electron chi connectivity index (χ2n) is 11.0. The molecule has 2 aliphatic heterocycles. The number of rotatable bonds is 11. The zero-order valence-electron chi connectivity index (χ0n) is 24.4. The van der Waals surface area contributed by atoms with Gasteiger partial charge in [0.25, 0.3) is 10.0 Å². The minimum Gasteiger partial charge on any atom is -0.491 e. The summed E-state index contributed by atoms with van der Waals surface area (Å²) in [6.07, 6.45) is -3.91. The van der Waals surface area contributed by atoms with Gasteiger partial charge < -0.3 is 19.9 Å². The van der Waals surface area contributed by atoms with Crippen LogP contribution in [0.4, 0.5) is 13.2 Å². The Bertz CT molecular complexity index is 1720. The van der Waals surface area contributed by atoms with E-state index in [2.05, 4.69) is 15.1 Å². The number of sulfonamides is 2. The van der Waals surface area contributed by atoms with Crippen molar-refractivity contribution in [3.63, 3.8) is 0 Å². The first-order chi connectivity index (χ1) is 21.1. The third kappa shape index (κ3) is 7.54. The average Bonchev–Trinajstić information content (AvgIpc) is 3.74. The number of aliphatic hydroxyl groups excluding tert-OH is 1. The highest BCUT2D eigenvalue weighted by Gasteiger charge is 2.45. The van der Waals surface area contributed by atoms with Gasteiger partial charge in [-0.1, -0.05) is 6.07 Å². The Morgan fingerprint density at radius 2 is 1.91 bits per heavy atom. The van der Waals surface area contributed by atoms with Crippen LogP contribution in [0.5, 0.6) is 5.75 Å². The molecule has 1 spiro atoms. The van der Waals surface area contributed by atoms with E-state index in [0.717, 1.165) is 22.1 Å². The molecule has 3 aromatic rings. The number of aliphatic hydroxyl groups is 1. The number of hydrogen-bond acceptors (Lipinski definition) is 10. The molecular formula is C27H34F3N5O7S3. The number of nitrogens with zero attached hydrogens (tertiary/aromatic N) is 3. The van der Waals surface area contributed by atoms with Gasteiger partial charge in [-0.05, 0) is 56.6 Å². The summed E-state index contributed by atoms with van der Waals surface area (Å²) in [5.74, 6) is 0.307. The van der Waals surface area contributed by atoms with E-state index in [1.54, 1.807) is 12.1 Å². The van der Waals surface area contributed by atoms with Gasteiger partial charge in [-0.3, -0.25) is 4.68 Å². The summed E-state index contributed by atoms with van der Waals surface area (Å²) in [4.78, 5) is 0.415. The third-order valence-corrected chi connectivity index (χ3v) is 12.8. The van der Waals surface area contributed by atoms with Crippen LogP contribution < -0.4 is 14.8 Å². The van der Waals surface area contributed by atoms with Crippen LogP contribution in [-0.4, -0.2) is 93.7 Å². The number of piperidine rings is 1. The number of ether oxygens (including phenoxy) is 2. The number of nitrogens with one attached hydrogen (secondary N) is 2. The number of aryl methyl sites for hydroxylation is 1. The summed E-state index contributed by atoms with van der Waals surface area (Å²) >= 11 is 0.901. The maximum atomic E-state index is 13.4. The Hall–Kier alpha value is -2.58. The lowest BCUT2D eigenvalue weighted by molar-refractivity contribution is -0.141. The van der Waals surface area contributed by atoms with Crippen molar-refractivity contribution >= 4 is 31.4 Å². The highest BCUT2D eigenvalue weighted by Crippen LogP contribution is 2.40. The van der Waals surface area contributed by atoms with E-state index in [4.69, 9.17) is 9.47 Å². The predicted molar refractivity (Wildman–Crippen MR) is 159 cm³/mol. The molecule has 1 aromatic carbocycles. The Morgan fingerprint density at radius 1 is 1.18 bits per heavy atom. The maximum Gasteiger partial charge on any atom is 0.435 e. The molecule has 5 rings (SSSR count). The molecule has 248 valence electrons. The minimum absolute atomic E-state index is 0.0432. The lowest BCUT2D eigenvalue weighted by atomic mass is 9.88. The summed E-state index contributed by atoms with van der Waals surface area (Å²) in [5, 5.41) is 17.2. The topological polar surface area (TPSA) is 152 Å². The van der Waals surface area contributed by atoms with Crippen molar-refractivity contribution in [1.82, 2.24) is 24.1 Å². The largest absolute Gasteiger partial charge is 0.491 e. The van der Waals surface area contributed by atoms with Crippen LogP contribution >= 0.6 is 11.3 Å². The average molecular weight is 694 g/mol. The van der Waals surface area contributed by atoms with Gasteiger partial charge in [0.1, 0.15) is 22.7 Å². The van der Waals surface area contributed by atoms with Crippen molar-refractivity contribution in [1.29, 1.82) is 0 Å². The van der Waals surface area contributed by atoms with Gasteiger partial charge in [-0.25, -0.2) is 21.6 Å². The molecule has 1 unspecified atom stereocenters. The zero-order valence-corrected chi connectivity index (χ0v) is 26.9. The van der Waals surface area contributed by atoms with E-state index in [-0.39, 0.29) is 47.1 Å². The van der Waals surface area contributed by atoms with Crippen LogP contribution in [0.25, 0.3) is 10.6 Å². The number of halogens is 3. The van der Waals surface area contributed by atoms with Crippen molar-refractivity contribution in [3.05, 3.63) is 48.2 Å². The monoisotopic (exact) mass is 693 g/mol. The number of aromatic nitrogens is 2. The Balaban J connectivity index is 1.10. The fourth-order valence-electron chi connectivity index (χ4n) is 5.42. The summed E-state index contributed by atoms with van der Waals surface area (Å²) in [5.41, 5.74) is -1.37. The lowest BCUT2D eigenvalue weighted by Gasteiger charge is -2.37. The van der Waals surface area contributed by atoms with E-state index >= 15 is 0 Å². The van der Waals surface area contributed by atoms with Crippen LogP contribution in [0.3, 0.4) is 0 Å². The van der Waals surface area contributed by atoms with E-state index < -0.39 is 43.6 Å². The van der Waals surface area contributed by atoms with Gasteiger partial charge in [-0.15, -0.1) is 11.3 Å². The summed E-state index contributed by atoms with van der Waals surface area (Å²) in [7, 11) is -4.79. The van der Waals surface area contributed by atoms with Gasteiger partial charge in [-0.2, -0.15) is 22.6 Å². The first kappa shape index (κ1) is 33.8. The van der Waals surface area contributed by atoms with Crippen molar-refractivity contribution in [2.45, 2.75) is 52.3 Å². The van der Waals surface area contributed by atoms with Crippen molar-refractivity contribution in [3.8, 4) is 16.3 Å². The second kappa shape index (κ2) is 12.9. The summed E-state index contributed by atoms with van der Waals surface area (Å²) < 4.78 is 106. The quantitative estimate of drug-likeness (QED) is 0.275. The molecule has 3 N–H and O–H groups in total. The highest BCUT2D eigenvalue weighted by atomic mass is 32.2. The molecule has 18 heteroatoms. The lowest BCUT2D eigenvalue weighted by Crippen LogP contribution is -2.47. The Morgan fingerprint density at radius 3 is 2.58 bits per heavy atom. The van der Waals surface area contributed by atoms with Crippen molar-refractivity contribution in [2.24, 2.45) is 7.05 Å². The predicted octanol–water partition coefficient (Wildman–Crippen LogP) is 2.42. The molecule has 0 saturated carbocycles. The fraction of sp³-hybridized carbons (Fsp3) is 0.519. The van der Waals surface area contributed by atoms with Gasteiger partial charge in [0, 0.05) is 38.8 Å². The summed E-state index contributed by atoms with van der Waals surface area (Å²) in [6.45, 7) is 0.996. The molecule has 2 aromatic heterocycles. The smallest absolute Gasteiger partial charge is 0.435 e. The van der Waals surface area contributed by atoms with Crippen molar-refractivity contribution in [2.75, 3.05) is 39.9 Å². The normalized spacial score (nSPS) is 20.1. The molecule has 12 nitrogen and oxygen atoms in total. The minimum atomic E-state index is -4.61. The second-order valence-corrected chi connectivity index (χ2v) is 16.1. The van der Waals surface area contributed by atoms with Crippen molar-refractivity contribution < 1.29 is 44.6 Å². The molecule has 0 radical (unpaired) electrons. The van der Waals surface area contributed by atoms with E-state index in [0.29, 0.717) is 36.5 Å². The van der Waals surface area contributed by atoms with Crippen LogP contribution in [0.15, 0.2) is 51.6 Å². The Labute approximate surface area is 263 Å². The molecule has 45 heavy (non-hydrogen) atoms. The van der Waals surface area contributed by atoms with E-state index in [1.807, 2.05) is 0 Å². The van der Waals surface area contributed by atoms with Crippen LogP contribution in [0.1, 0.15) is 25.0 Å². The maximum absolute atomic E-state index is 13.4. The first-order valence-electron chi connectivity index (χ1n) is 14.1. The SMILES string of the molecule is CNS(=O)(=O)c1cccc(OC[C@@H](O)CNC2COC3(CCN(S(=O)(=O)c4ccc(-c5cc(C(F)(F)F)nn5C)s4)CC3)C2)c1. The molecule has 0 amide bonds.